The average Bonchev–Trinajstić information content (AvgIpc) is 3.14. The molecule has 1 saturated heterocycles. The summed E-state index contributed by atoms with van der Waals surface area (Å²) in [4.78, 5) is 41.4. The van der Waals surface area contributed by atoms with Crippen molar-refractivity contribution < 1.29 is 28.2 Å². The summed E-state index contributed by atoms with van der Waals surface area (Å²) >= 11 is 5.66. The van der Waals surface area contributed by atoms with E-state index in [-0.39, 0.29) is 30.6 Å². The van der Waals surface area contributed by atoms with Gasteiger partial charge in [0.15, 0.2) is 5.11 Å². The Balaban J connectivity index is 1.54. The highest BCUT2D eigenvalue weighted by molar-refractivity contribution is 7.80. The number of nitrogens with one attached hydrogen (secondary N) is 1. The van der Waals surface area contributed by atoms with Crippen LogP contribution in [-0.4, -0.2) is 47.6 Å². The molecule has 1 atom stereocenters. The van der Waals surface area contributed by atoms with Gasteiger partial charge in [-0.1, -0.05) is 12.1 Å². The largest absolute Gasteiger partial charge is 0.497 e. The molecule has 1 heterocycles. The van der Waals surface area contributed by atoms with E-state index in [0.29, 0.717) is 22.7 Å². The molecule has 0 aliphatic carbocycles. The molecular weight excluding hydrogens is 509 g/mol. The van der Waals surface area contributed by atoms with Gasteiger partial charge in [0.25, 0.3) is 5.91 Å². The van der Waals surface area contributed by atoms with E-state index >= 15 is 0 Å². The van der Waals surface area contributed by atoms with Crippen molar-refractivity contribution in [2.24, 2.45) is 0 Å². The number of hydrogen-bond acceptors (Lipinski definition) is 6. The molecule has 3 aromatic carbocycles. The lowest BCUT2D eigenvalue weighted by Crippen LogP contribution is -2.37. The number of thiocarbonyl (C=S) groups is 1. The third-order valence-corrected chi connectivity index (χ3v) is 6.39. The Labute approximate surface area is 224 Å². The maximum Gasteiger partial charge on any atom is 0.338 e. The van der Waals surface area contributed by atoms with Gasteiger partial charge in [0, 0.05) is 12.2 Å². The van der Waals surface area contributed by atoms with Gasteiger partial charge in [0.2, 0.25) is 5.91 Å². The van der Waals surface area contributed by atoms with E-state index in [1.165, 1.54) is 29.2 Å². The van der Waals surface area contributed by atoms with E-state index in [1.807, 2.05) is 12.1 Å². The van der Waals surface area contributed by atoms with Crippen LogP contribution in [0.1, 0.15) is 29.3 Å². The number of hydrogen-bond donors (Lipinski definition) is 1. The van der Waals surface area contributed by atoms with Crippen LogP contribution in [0.5, 0.6) is 5.75 Å². The summed E-state index contributed by atoms with van der Waals surface area (Å²) in [5.41, 5.74) is 2.11. The molecule has 196 valence electrons. The minimum atomic E-state index is -0.881. The van der Waals surface area contributed by atoms with Crippen LogP contribution >= 0.6 is 12.2 Å². The maximum absolute atomic E-state index is 13.5. The number of carbonyl (C=O) groups is 3. The summed E-state index contributed by atoms with van der Waals surface area (Å²) in [6.07, 6.45) is -0.174. The zero-order chi connectivity index (χ0) is 27.2. The lowest BCUT2D eigenvalue weighted by Gasteiger charge is -2.24. The summed E-state index contributed by atoms with van der Waals surface area (Å²) < 4.78 is 23.7. The monoisotopic (exact) mass is 535 g/mol. The number of nitrogens with zero attached hydrogens (tertiary/aromatic N) is 2. The fraction of sp³-hybridized carbons (Fsp3) is 0.214. The molecule has 1 N–H and O–H groups in total. The number of esters is 1. The first kappa shape index (κ1) is 26.7. The third kappa shape index (κ3) is 5.97. The molecule has 0 spiro atoms. The first-order valence-electron chi connectivity index (χ1n) is 11.9. The Morgan fingerprint density at radius 1 is 1.00 bits per heavy atom. The van der Waals surface area contributed by atoms with Crippen LogP contribution < -0.4 is 15.0 Å². The average molecular weight is 536 g/mol. The lowest BCUT2D eigenvalue weighted by molar-refractivity contribution is -0.124. The quantitative estimate of drug-likeness (QED) is 0.318. The van der Waals surface area contributed by atoms with E-state index < -0.39 is 23.7 Å². The molecule has 4 rings (SSSR count). The highest BCUT2D eigenvalue weighted by Crippen LogP contribution is 2.29. The molecule has 0 saturated carbocycles. The van der Waals surface area contributed by atoms with Crippen molar-refractivity contribution in [2.45, 2.75) is 25.9 Å². The van der Waals surface area contributed by atoms with Crippen LogP contribution in [-0.2, 0) is 20.9 Å². The van der Waals surface area contributed by atoms with Crippen molar-refractivity contribution in [3.63, 3.8) is 0 Å². The molecule has 0 radical (unpaired) electrons. The van der Waals surface area contributed by atoms with Gasteiger partial charge in [-0.2, -0.15) is 0 Å². The highest BCUT2D eigenvalue weighted by Gasteiger charge is 2.44. The fourth-order valence-electron chi connectivity index (χ4n) is 4.06. The van der Waals surface area contributed by atoms with E-state index in [1.54, 1.807) is 55.3 Å². The number of rotatable bonds is 9. The lowest BCUT2D eigenvalue weighted by atomic mass is 10.1. The van der Waals surface area contributed by atoms with Crippen LogP contribution in [0.2, 0.25) is 0 Å². The zero-order valence-electron chi connectivity index (χ0n) is 20.8. The van der Waals surface area contributed by atoms with E-state index in [4.69, 9.17) is 21.7 Å². The number of halogens is 1. The molecule has 1 aliphatic rings. The maximum atomic E-state index is 13.5. The molecular formula is C28H26FN3O5S. The Kier molecular flexibility index (Phi) is 8.32. The Morgan fingerprint density at radius 2 is 1.66 bits per heavy atom. The van der Waals surface area contributed by atoms with Gasteiger partial charge in [-0.3, -0.25) is 14.5 Å². The van der Waals surface area contributed by atoms with Crippen molar-refractivity contribution in [1.29, 1.82) is 0 Å². The minimum absolute atomic E-state index is 0.174. The minimum Gasteiger partial charge on any atom is -0.497 e. The van der Waals surface area contributed by atoms with Crippen molar-refractivity contribution in [2.75, 3.05) is 23.9 Å². The highest BCUT2D eigenvalue weighted by atomic mass is 32.1. The second-order valence-electron chi connectivity index (χ2n) is 8.47. The van der Waals surface area contributed by atoms with Crippen LogP contribution in [0, 0.1) is 5.82 Å². The Bertz CT molecular complexity index is 1330. The first-order valence-corrected chi connectivity index (χ1v) is 12.3. The van der Waals surface area contributed by atoms with E-state index in [9.17, 15) is 18.8 Å². The van der Waals surface area contributed by atoms with Gasteiger partial charge < -0.3 is 19.7 Å². The van der Waals surface area contributed by atoms with Gasteiger partial charge in [0.1, 0.15) is 17.6 Å². The van der Waals surface area contributed by atoms with Gasteiger partial charge in [-0.25, -0.2) is 9.18 Å². The third-order valence-electron chi connectivity index (χ3n) is 5.97. The molecule has 2 amide bonds. The van der Waals surface area contributed by atoms with Crippen molar-refractivity contribution in [3.8, 4) is 5.75 Å². The number of methoxy groups -OCH3 is 1. The number of ether oxygens (including phenoxy) is 2. The van der Waals surface area contributed by atoms with Gasteiger partial charge >= 0.3 is 5.97 Å². The predicted molar refractivity (Wildman–Crippen MR) is 144 cm³/mol. The summed E-state index contributed by atoms with van der Waals surface area (Å²) in [6.45, 7) is 2.26. The number of benzene rings is 3. The summed E-state index contributed by atoms with van der Waals surface area (Å²) in [5, 5.41) is 2.98. The van der Waals surface area contributed by atoms with Crippen molar-refractivity contribution >= 4 is 46.5 Å². The van der Waals surface area contributed by atoms with Gasteiger partial charge in [0.05, 0.1) is 31.4 Å². The SMILES string of the molecule is CCOC(=O)c1ccc(NC(=O)C[C@H]2C(=O)N(c3ccc(F)cc3)C(=S)N2Cc2ccc(OC)cc2)cc1. The van der Waals surface area contributed by atoms with Crippen LogP contribution in [0.15, 0.2) is 72.8 Å². The van der Waals surface area contributed by atoms with E-state index in [0.717, 1.165) is 5.56 Å². The van der Waals surface area contributed by atoms with Gasteiger partial charge in [-0.05, 0) is 85.4 Å². The zero-order valence-corrected chi connectivity index (χ0v) is 21.7. The normalized spacial score (nSPS) is 15.0. The molecule has 1 aliphatic heterocycles. The molecule has 38 heavy (non-hydrogen) atoms. The molecule has 1 fully saturated rings. The fourth-order valence-corrected chi connectivity index (χ4v) is 4.45. The second-order valence-corrected chi connectivity index (χ2v) is 8.84. The first-order chi connectivity index (χ1) is 18.3. The second kappa shape index (κ2) is 11.8. The standard InChI is InChI=1S/C28H26FN3O5S/c1-3-37-27(35)19-6-10-21(11-7-19)30-25(33)16-24-26(34)32(22-12-8-20(29)9-13-22)28(38)31(24)17-18-4-14-23(36-2)15-5-18/h4-15,24H,3,16-17H2,1-2H3,(H,30,33)/t24-/m0/s1. The van der Waals surface area contributed by atoms with Gasteiger partial charge in [-0.15, -0.1) is 0 Å². The van der Waals surface area contributed by atoms with E-state index in [2.05, 4.69) is 5.32 Å². The molecule has 8 nitrogen and oxygen atoms in total. The molecule has 0 bridgehead atoms. The van der Waals surface area contributed by atoms with Crippen LogP contribution in [0.25, 0.3) is 0 Å². The smallest absolute Gasteiger partial charge is 0.338 e. The summed E-state index contributed by atoms with van der Waals surface area (Å²) in [7, 11) is 1.57. The molecule has 0 unspecified atom stereocenters. The summed E-state index contributed by atoms with van der Waals surface area (Å²) in [5.74, 6) is -0.998. The molecule has 10 heteroatoms. The topological polar surface area (TPSA) is 88.2 Å². The number of carbonyl (C=O) groups excluding carboxylic acids is 3. The predicted octanol–water partition coefficient (Wildman–Crippen LogP) is 4.54. The van der Waals surface area contributed by atoms with Crippen molar-refractivity contribution in [1.82, 2.24) is 4.90 Å². The Morgan fingerprint density at radius 3 is 2.26 bits per heavy atom. The van der Waals surface area contributed by atoms with Crippen molar-refractivity contribution in [3.05, 3.63) is 89.7 Å². The van der Waals surface area contributed by atoms with Crippen LogP contribution in [0.4, 0.5) is 15.8 Å². The molecule has 3 aromatic rings. The number of amides is 2. The number of anilines is 2. The summed E-state index contributed by atoms with van der Waals surface area (Å²) in [6, 6.07) is 18.2. The van der Waals surface area contributed by atoms with Crippen LogP contribution in [0.3, 0.4) is 0 Å². The Hall–Kier alpha value is -4.31. The molecule has 0 aromatic heterocycles.